The minimum Gasteiger partial charge on any atom is -0.383 e. The Morgan fingerprint density at radius 1 is 1.20 bits per heavy atom. The smallest absolute Gasteiger partial charge is 0.241 e. The molecule has 2 rings (SSSR count). The van der Waals surface area contributed by atoms with Gasteiger partial charge in [-0.05, 0) is 25.3 Å². The van der Waals surface area contributed by atoms with Crippen molar-refractivity contribution in [3.8, 4) is 0 Å². The minimum absolute atomic E-state index is 0. The van der Waals surface area contributed by atoms with Crippen LogP contribution in [0.1, 0.15) is 25.3 Å². The molecule has 3 N–H and O–H groups in total. The summed E-state index contributed by atoms with van der Waals surface area (Å²) in [6.07, 6.45) is 2.36. The monoisotopic (exact) mass is 460 g/mol. The Labute approximate surface area is 167 Å². The van der Waals surface area contributed by atoms with Crippen molar-refractivity contribution in [1.82, 2.24) is 16.0 Å². The lowest BCUT2D eigenvalue weighted by atomic mass is 9.96. The van der Waals surface area contributed by atoms with Crippen LogP contribution in [0.25, 0.3) is 0 Å². The van der Waals surface area contributed by atoms with E-state index in [0.717, 1.165) is 13.1 Å². The van der Waals surface area contributed by atoms with E-state index in [-0.39, 0.29) is 41.8 Å². The zero-order chi connectivity index (χ0) is 17.3. The van der Waals surface area contributed by atoms with Crippen molar-refractivity contribution in [3.63, 3.8) is 0 Å². The number of nitrogens with zero attached hydrogens (tertiary/aromatic N) is 1. The summed E-state index contributed by atoms with van der Waals surface area (Å²) >= 11 is 0. The van der Waals surface area contributed by atoms with E-state index in [1.807, 2.05) is 13.0 Å². The summed E-state index contributed by atoms with van der Waals surface area (Å²) in [4.78, 5) is 16.1. The largest absolute Gasteiger partial charge is 0.383 e. The summed E-state index contributed by atoms with van der Waals surface area (Å²) in [6.45, 7) is 4.72. The lowest BCUT2D eigenvalue weighted by molar-refractivity contribution is -0.119. The molecule has 0 saturated heterocycles. The molecule has 0 aromatic heterocycles. The van der Waals surface area contributed by atoms with E-state index in [4.69, 9.17) is 4.74 Å². The maximum absolute atomic E-state index is 11.7. The second kappa shape index (κ2) is 11.3. The van der Waals surface area contributed by atoms with Gasteiger partial charge in [-0.3, -0.25) is 4.79 Å². The molecule has 0 unspecified atom stereocenters. The zero-order valence-electron chi connectivity index (χ0n) is 15.0. The van der Waals surface area contributed by atoms with Crippen LogP contribution in [0.3, 0.4) is 0 Å². The standard InChI is InChI=1S/C18H28N4O2.HI/c1-3-19-17(21-13-16(23)20-11-12-24-2)22-14-18(9-10-18)15-7-5-4-6-8-15;/h4-8H,3,9-14H2,1-2H3,(H,20,23)(H2,19,21,22);1H. The molecule has 6 nitrogen and oxygen atoms in total. The third-order valence-corrected chi connectivity index (χ3v) is 4.19. The van der Waals surface area contributed by atoms with Gasteiger partial charge in [0.15, 0.2) is 5.96 Å². The van der Waals surface area contributed by atoms with E-state index < -0.39 is 0 Å². The molecule has 7 heteroatoms. The fourth-order valence-electron chi connectivity index (χ4n) is 2.60. The van der Waals surface area contributed by atoms with Crippen molar-refractivity contribution in [3.05, 3.63) is 35.9 Å². The number of hydrogen-bond donors (Lipinski definition) is 3. The summed E-state index contributed by atoms with van der Waals surface area (Å²) < 4.78 is 4.91. The Bertz CT molecular complexity index is 547. The van der Waals surface area contributed by atoms with Crippen molar-refractivity contribution in [2.75, 3.05) is 39.9 Å². The highest BCUT2D eigenvalue weighted by Gasteiger charge is 2.43. The fraction of sp³-hybridized carbons (Fsp3) is 0.556. The van der Waals surface area contributed by atoms with Gasteiger partial charge in [0.1, 0.15) is 6.54 Å². The molecule has 0 heterocycles. The number of ether oxygens (including phenoxy) is 1. The minimum atomic E-state index is -0.103. The van der Waals surface area contributed by atoms with Crippen LogP contribution >= 0.6 is 24.0 Å². The van der Waals surface area contributed by atoms with Crippen LogP contribution in [0.2, 0.25) is 0 Å². The molecule has 25 heavy (non-hydrogen) atoms. The van der Waals surface area contributed by atoms with Gasteiger partial charge < -0.3 is 20.7 Å². The van der Waals surface area contributed by atoms with E-state index in [0.29, 0.717) is 19.1 Å². The van der Waals surface area contributed by atoms with Gasteiger partial charge in [-0.2, -0.15) is 0 Å². The molecule has 1 amide bonds. The molecule has 1 aromatic rings. The average molecular weight is 460 g/mol. The lowest BCUT2D eigenvalue weighted by Gasteiger charge is -2.19. The number of amides is 1. The highest BCUT2D eigenvalue weighted by molar-refractivity contribution is 14.0. The lowest BCUT2D eigenvalue weighted by Crippen LogP contribution is -2.42. The molecule has 1 aliphatic rings. The topological polar surface area (TPSA) is 74.8 Å². The van der Waals surface area contributed by atoms with Crippen LogP contribution in [0.5, 0.6) is 0 Å². The Kier molecular flexibility index (Phi) is 9.81. The van der Waals surface area contributed by atoms with E-state index >= 15 is 0 Å². The molecule has 0 radical (unpaired) electrons. The van der Waals surface area contributed by atoms with Crippen molar-refractivity contribution in [1.29, 1.82) is 0 Å². The van der Waals surface area contributed by atoms with Gasteiger partial charge in [0.05, 0.1) is 6.61 Å². The SMILES string of the molecule is CCNC(=NCC(=O)NCCOC)NCC1(c2ccccc2)CC1.I. The Hall–Kier alpha value is -1.35. The van der Waals surface area contributed by atoms with Gasteiger partial charge in [-0.1, -0.05) is 30.3 Å². The van der Waals surface area contributed by atoms with Crippen LogP contribution in [0, 0.1) is 0 Å². The third kappa shape index (κ3) is 7.19. The molecule has 1 saturated carbocycles. The second-order valence-corrected chi connectivity index (χ2v) is 6.04. The molecule has 1 aromatic carbocycles. The van der Waals surface area contributed by atoms with E-state index in [1.165, 1.54) is 18.4 Å². The normalized spacial score (nSPS) is 15.0. The first kappa shape index (κ1) is 21.7. The van der Waals surface area contributed by atoms with Crippen LogP contribution < -0.4 is 16.0 Å². The summed E-state index contributed by atoms with van der Waals surface area (Å²) in [5, 5.41) is 9.34. The van der Waals surface area contributed by atoms with Gasteiger partial charge in [-0.15, -0.1) is 24.0 Å². The summed E-state index contributed by atoms with van der Waals surface area (Å²) in [5.74, 6) is 0.579. The first-order valence-corrected chi connectivity index (χ1v) is 8.53. The van der Waals surface area contributed by atoms with Gasteiger partial charge in [0.2, 0.25) is 5.91 Å². The number of guanidine groups is 1. The molecule has 0 atom stereocenters. The first-order valence-electron chi connectivity index (χ1n) is 8.53. The maximum atomic E-state index is 11.7. The highest BCUT2D eigenvalue weighted by Crippen LogP contribution is 2.47. The van der Waals surface area contributed by atoms with Crippen molar-refractivity contribution < 1.29 is 9.53 Å². The Morgan fingerprint density at radius 2 is 1.92 bits per heavy atom. The molecule has 140 valence electrons. The second-order valence-electron chi connectivity index (χ2n) is 6.04. The number of methoxy groups -OCH3 is 1. The molecular weight excluding hydrogens is 431 g/mol. The predicted octanol–water partition coefficient (Wildman–Crippen LogP) is 1.65. The summed E-state index contributed by atoms with van der Waals surface area (Å²) in [6, 6.07) is 10.6. The number of halogens is 1. The van der Waals surface area contributed by atoms with Gasteiger partial charge >= 0.3 is 0 Å². The predicted molar refractivity (Wildman–Crippen MR) is 112 cm³/mol. The number of carbonyl (C=O) groups is 1. The van der Waals surface area contributed by atoms with Crippen molar-refractivity contribution in [2.45, 2.75) is 25.2 Å². The number of carbonyl (C=O) groups excluding carboxylic acids is 1. The number of aliphatic imine (C=N–C) groups is 1. The molecule has 0 aliphatic heterocycles. The number of nitrogens with one attached hydrogen (secondary N) is 3. The number of rotatable bonds is 9. The first-order chi connectivity index (χ1) is 11.7. The van der Waals surface area contributed by atoms with Crippen LogP contribution in [-0.2, 0) is 14.9 Å². The summed E-state index contributed by atoms with van der Waals surface area (Å²) in [7, 11) is 1.61. The number of hydrogen-bond acceptors (Lipinski definition) is 3. The fourth-order valence-corrected chi connectivity index (χ4v) is 2.60. The zero-order valence-corrected chi connectivity index (χ0v) is 17.3. The van der Waals surface area contributed by atoms with Crippen LogP contribution in [-0.4, -0.2) is 51.8 Å². The van der Waals surface area contributed by atoms with E-state index in [9.17, 15) is 4.79 Å². The number of benzene rings is 1. The molecular formula is C18H29IN4O2. The molecule has 1 aliphatic carbocycles. The highest BCUT2D eigenvalue weighted by atomic mass is 127. The Morgan fingerprint density at radius 3 is 2.52 bits per heavy atom. The van der Waals surface area contributed by atoms with Gasteiger partial charge in [0.25, 0.3) is 0 Å². The van der Waals surface area contributed by atoms with Crippen LogP contribution in [0.4, 0.5) is 0 Å². The van der Waals surface area contributed by atoms with Gasteiger partial charge in [-0.25, -0.2) is 4.99 Å². The van der Waals surface area contributed by atoms with E-state index in [1.54, 1.807) is 7.11 Å². The molecule has 1 fully saturated rings. The van der Waals surface area contributed by atoms with E-state index in [2.05, 4.69) is 45.2 Å². The van der Waals surface area contributed by atoms with Crippen molar-refractivity contribution >= 4 is 35.8 Å². The maximum Gasteiger partial charge on any atom is 0.241 e. The molecule has 0 spiro atoms. The quantitative estimate of drug-likeness (QED) is 0.227. The third-order valence-electron chi connectivity index (χ3n) is 4.19. The summed E-state index contributed by atoms with van der Waals surface area (Å²) in [5.41, 5.74) is 1.57. The van der Waals surface area contributed by atoms with Crippen molar-refractivity contribution in [2.24, 2.45) is 4.99 Å². The molecule has 0 bridgehead atoms. The Balaban J connectivity index is 0.00000312. The van der Waals surface area contributed by atoms with Gasteiger partial charge in [0, 0.05) is 32.2 Å². The average Bonchev–Trinajstić information content (AvgIpc) is 3.40. The van der Waals surface area contributed by atoms with Crippen LogP contribution in [0.15, 0.2) is 35.3 Å².